The van der Waals surface area contributed by atoms with Crippen LogP contribution in [0.15, 0.2) is 46.9 Å². The first kappa shape index (κ1) is 18.3. The molecule has 0 unspecified atom stereocenters. The van der Waals surface area contributed by atoms with Crippen molar-refractivity contribution < 1.29 is 9.59 Å². The number of thioether (sulfide) groups is 1. The second-order valence-corrected chi connectivity index (χ2v) is 7.42. The summed E-state index contributed by atoms with van der Waals surface area (Å²) in [5, 5.41) is 13.8. The van der Waals surface area contributed by atoms with Crippen LogP contribution in [0.1, 0.15) is 23.7 Å². The minimum Gasteiger partial charge on any atom is -0.326 e. The highest BCUT2D eigenvalue weighted by atomic mass is 32.2. The molecule has 0 fully saturated rings. The maximum atomic E-state index is 12.4. The van der Waals surface area contributed by atoms with Crippen molar-refractivity contribution >= 4 is 40.5 Å². The number of amides is 1. The summed E-state index contributed by atoms with van der Waals surface area (Å²) in [4.78, 5) is 24.8. The van der Waals surface area contributed by atoms with Crippen LogP contribution in [0.25, 0.3) is 10.7 Å². The lowest BCUT2D eigenvalue weighted by Crippen LogP contribution is -2.10. The van der Waals surface area contributed by atoms with E-state index in [0.717, 1.165) is 10.7 Å². The van der Waals surface area contributed by atoms with E-state index in [1.807, 2.05) is 29.1 Å². The molecule has 3 rings (SSSR count). The predicted molar refractivity (Wildman–Crippen MR) is 105 cm³/mol. The summed E-state index contributed by atoms with van der Waals surface area (Å²) >= 11 is 2.96. The molecule has 0 spiro atoms. The van der Waals surface area contributed by atoms with E-state index in [1.54, 1.807) is 42.5 Å². The fraction of sp³-hybridized carbons (Fsp3) is 0.222. The summed E-state index contributed by atoms with van der Waals surface area (Å²) in [7, 11) is 1.90. The number of hydrogen-bond acceptors (Lipinski definition) is 6. The normalized spacial score (nSPS) is 10.7. The lowest BCUT2D eigenvalue weighted by atomic mass is 10.1. The van der Waals surface area contributed by atoms with Gasteiger partial charge in [-0.3, -0.25) is 9.59 Å². The third-order valence-corrected chi connectivity index (χ3v) is 5.61. The quantitative estimate of drug-likeness (QED) is 0.493. The Morgan fingerprint density at radius 3 is 2.62 bits per heavy atom. The fourth-order valence-corrected chi connectivity index (χ4v) is 3.81. The zero-order valence-corrected chi connectivity index (χ0v) is 16.1. The van der Waals surface area contributed by atoms with Crippen LogP contribution < -0.4 is 5.32 Å². The Bertz CT molecular complexity index is 902. The number of hydrogen-bond donors (Lipinski definition) is 1. The maximum Gasteiger partial charge on any atom is 0.224 e. The number of thiophene rings is 1. The molecule has 0 saturated carbocycles. The molecule has 0 aliphatic carbocycles. The van der Waals surface area contributed by atoms with Gasteiger partial charge >= 0.3 is 0 Å². The van der Waals surface area contributed by atoms with Gasteiger partial charge in [0, 0.05) is 24.7 Å². The molecule has 26 heavy (non-hydrogen) atoms. The lowest BCUT2D eigenvalue weighted by Gasteiger charge is -2.05. The van der Waals surface area contributed by atoms with Crippen LogP contribution in [0.5, 0.6) is 0 Å². The Kier molecular flexibility index (Phi) is 5.85. The largest absolute Gasteiger partial charge is 0.326 e. The van der Waals surface area contributed by atoms with Crippen molar-refractivity contribution in [3.8, 4) is 10.7 Å². The first-order valence-corrected chi connectivity index (χ1v) is 9.94. The van der Waals surface area contributed by atoms with E-state index in [0.29, 0.717) is 22.8 Å². The van der Waals surface area contributed by atoms with E-state index in [2.05, 4.69) is 15.5 Å². The van der Waals surface area contributed by atoms with Gasteiger partial charge in [-0.15, -0.1) is 21.5 Å². The van der Waals surface area contributed by atoms with Crippen molar-refractivity contribution in [2.75, 3.05) is 11.1 Å². The molecular weight excluding hydrogens is 368 g/mol. The molecule has 2 aromatic heterocycles. The van der Waals surface area contributed by atoms with Gasteiger partial charge in [-0.1, -0.05) is 24.8 Å². The molecule has 1 aromatic carbocycles. The summed E-state index contributed by atoms with van der Waals surface area (Å²) in [5.74, 6) is 1.02. The molecular formula is C18H18N4O2S2. The van der Waals surface area contributed by atoms with Gasteiger partial charge in [0.2, 0.25) is 5.91 Å². The number of Topliss-reactive ketones (excluding diaryl/α,β-unsaturated/α-hetero) is 1. The van der Waals surface area contributed by atoms with E-state index < -0.39 is 0 Å². The van der Waals surface area contributed by atoms with E-state index >= 15 is 0 Å². The summed E-state index contributed by atoms with van der Waals surface area (Å²) in [6.45, 7) is 1.79. The summed E-state index contributed by atoms with van der Waals surface area (Å²) in [6, 6.07) is 10.9. The highest BCUT2D eigenvalue weighted by molar-refractivity contribution is 7.99. The van der Waals surface area contributed by atoms with Gasteiger partial charge in [-0.25, -0.2) is 0 Å². The van der Waals surface area contributed by atoms with E-state index in [4.69, 9.17) is 0 Å². The Morgan fingerprint density at radius 2 is 1.96 bits per heavy atom. The Hall–Kier alpha value is -2.45. The zero-order chi connectivity index (χ0) is 18.5. The zero-order valence-electron chi connectivity index (χ0n) is 14.4. The molecule has 0 aliphatic rings. The van der Waals surface area contributed by atoms with Gasteiger partial charge in [0.1, 0.15) is 0 Å². The topological polar surface area (TPSA) is 76.9 Å². The molecule has 8 heteroatoms. The molecule has 0 radical (unpaired) electrons. The molecule has 0 atom stereocenters. The minimum absolute atomic E-state index is 0.00374. The fourth-order valence-electron chi connectivity index (χ4n) is 2.26. The van der Waals surface area contributed by atoms with E-state index in [1.165, 1.54) is 11.8 Å². The first-order chi connectivity index (χ1) is 12.6. The van der Waals surface area contributed by atoms with Gasteiger partial charge in [0.15, 0.2) is 16.8 Å². The Balaban J connectivity index is 1.61. The number of ketones is 1. The molecule has 0 bridgehead atoms. The maximum absolute atomic E-state index is 12.4. The summed E-state index contributed by atoms with van der Waals surface area (Å²) in [6.07, 6.45) is 0.419. The van der Waals surface area contributed by atoms with Crippen LogP contribution in [0.2, 0.25) is 0 Å². The monoisotopic (exact) mass is 386 g/mol. The van der Waals surface area contributed by atoms with E-state index in [-0.39, 0.29) is 17.4 Å². The van der Waals surface area contributed by atoms with Crippen LogP contribution in [0.3, 0.4) is 0 Å². The van der Waals surface area contributed by atoms with Crippen LogP contribution in [0, 0.1) is 0 Å². The van der Waals surface area contributed by atoms with Crippen molar-refractivity contribution in [2.45, 2.75) is 18.5 Å². The van der Waals surface area contributed by atoms with Crippen molar-refractivity contribution in [3.05, 3.63) is 47.3 Å². The smallest absolute Gasteiger partial charge is 0.224 e. The number of nitrogens with one attached hydrogen (secondary N) is 1. The average Bonchev–Trinajstić information content (AvgIpc) is 3.30. The SMILES string of the molecule is CCC(=O)Nc1ccc(C(=O)CSc2nnc(-c3cccs3)n2C)cc1. The molecule has 1 amide bonds. The average molecular weight is 387 g/mol. The van der Waals surface area contributed by atoms with Crippen molar-refractivity contribution in [1.29, 1.82) is 0 Å². The molecule has 6 nitrogen and oxygen atoms in total. The van der Waals surface area contributed by atoms with Crippen molar-refractivity contribution in [3.63, 3.8) is 0 Å². The van der Waals surface area contributed by atoms with Crippen LogP contribution in [0.4, 0.5) is 5.69 Å². The number of carbonyl (C=O) groups excluding carboxylic acids is 2. The van der Waals surface area contributed by atoms with Crippen molar-refractivity contribution in [2.24, 2.45) is 7.05 Å². The van der Waals surface area contributed by atoms with Gasteiger partial charge in [-0.2, -0.15) is 0 Å². The molecule has 134 valence electrons. The summed E-state index contributed by atoms with van der Waals surface area (Å²) in [5.41, 5.74) is 1.29. The second-order valence-electron chi connectivity index (χ2n) is 5.53. The van der Waals surface area contributed by atoms with Gasteiger partial charge in [-0.05, 0) is 35.7 Å². The number of carbonyl (C=O) groups is 2. The third-order valence-electron chi connectivity index (χ3n) is 3.72. The highest BCUT2D eigenvalue weighted by Crippen LogP contribution is 2.26. The first-order valence-electron chi connectivity index (χ1n) is 8.07. The lowest BCUT2D eigenvalue weighted by molar-refractivity contribution is -0.115. The predicted octanol–water partition coefficient (Wildman–Crippen LogP) is 3.87. The molecule has 1 N–H and O–H groups in total. The Morgan fingerprint density at radius 1 is 1.19 bits per heavy atom. The standard InChI is InChI=1S/C18H18N4O2S2/c1-3-16(24)19-13-8-6-12(7-9-13)14(23)11-26-18-21-20-17(22(18)2)15-5-4-10-25-15/h4-10H,3,11H2,1-2H3,(H,19,24). The number of aromatic nitrogens is 3. The number of rotatable bonds is 7. The molecule has 0 saturated heterocycles. The molecule has 0 aliphatic heterocycles. The van der Waals surface area contributed by atoms with Crippen LogP contribution in [-0.4, -0.2) is 32.2 Å². The second kappa shape index (κ2) is 8.29. The van der Waals surface area contributed by atoms with Gasteiger partial charge in [0.05, 0.1) is 10.6 Å². The number of anilines is 1. The summed E-state index contributed by atoms with van der Waals surface area (Å²) < 4.78 is 1.90. The van der Waals surface area contributed by atoms with Crippen LogP contribution in [-0.2, 0) is 11.8 Å². The van der Waals surface area contributed by atoms with Crippen LogP contribution >= 0.6 is 23.1 Å². The Labute approximate surface area is 159 Å². The molecule has 3 aromatic rings. The van der Waals surface area contributed by atoms with Crippen molar-refractivity contribution in [1.82, 2.24) is 14.8 Å². The number of benzene rings is 1. The molecule has 2 heterocycles. The van der Waals surface area contributed by atoms with Gasteiger partial charge in [0.25, 0.3) is 0 Å². The highest BCUT2D eigenvalue weighted by Gasteiger charge is 2.14. The third kappa shape index (κ3) is 4.20. The van der Waals surface area contributed by atoms with E-state index in [9.17, 15) is 9.59 Å². The minimum atomic E-state index is -0.0524. The van der Waals surface area contributed by atoms with Gasteiger partial charge < -0.3 is 9.88 Å². The number of nitrogens with zero attached hydrogens (tertiary/aromatic N) is 3.